The Kier molecular flexibility index (Phi) is 4.27. The van der Waals surface area contributed by atoms with Crippen LogP contribution in [0.4, 0.5) is 5.69 Å². The number of anilines is 1. The molecule has 0 saturated carbocycles. The molecule has 2 aromatic heterocycles. The molecule has 0 aliphatic heterocycles. The summed E-state index contributed by atoms with van der Waals surface area (Å²) in [6, 6.07) is 13.4. The number of fused-ring (bicyclic) bond motifs is 1. The molecule has 0 bridgehead atoms. The summed E-state index contributed by atoms with van der Waals surface area (Å²) < 4.78 is 23.2. The van der Waals surface area contributed by atoms with Crippen LogP contribution < -0.4 is 10.5 Å². The van der Waals surface area contributed by atoms with Crippen molar-refractivity contribution in [2.24, 2.45) is 5.14 Å². The van der Waals surface area contributed by atoms with E-state index < -0.39 is 10.0 Å². The average Bonchev–Trinajstić information content (AvgIpc) is 3.31. The summed E-state index contributed by atoms with van der Waals surface area (Å²) in [5, 5.41) is 19.6. The van der Waals surface area contributed by atoms with E-state index in [0.29, 0.717) is 22.5 Å². The smallest absolute Gasteiger partial charge is 0.256 e. The topological polar surface area (TPSA) is 118 Å². The van der Waals surface area contributed by atoms with Crippen LogP contribution in [0, 0.1) is 0 Å². The normalized spacial score (nSPS) is 11.6. The number of amides is 1. The highest BCUT2D eigenvalue weighted by atomic mass is 32.2. The first-order valence-electron chi connectivity index (χ1n) is 7.87. The standard InChI is InChI=1S/C18H14N4O3S2/c19-27(24,25)14-3-1-2-11(8-14)17-15-9-13(4-5-16(15)21-22-17)20-18(23)12-6-7-26-10-12/h1-10H,(H,20,23)(H,21,22)(H2,19,24,25). The molecule has 4 aromatic rings. The SMILES string of the molecule is NS(=O)(=O)c1cccc(-c2n[nH]c3ccc(NC(=O)c4ccsc4)cc23)c1. The predicted molar refractivity (Wildman–Crippen MR) is 105 cm³/mol. The van der Waals surface area contributed by atoms with Gasteiger partial charge in [0.05, 0.1) is 16.0 Å². The number of carbonyl (C=O) groups excluding carboxylic acids is 1. The Morgan fingerprint density at radius 1 is 1.15 bits per heavy atom. The van der Waals surface area contributed by atoms with E-state index in [9.17, 15) is 13.2 Å². The molecule has 0 aliphatic carbocycles. The van der Waals surface area contributed by atoms with Crippen LogP contribution in [0.2, 0.25) is 0 Å². The first kappa shape index (κ1) is 17.4. The molecule has 27 heavy (non-hydrogen) atoms. The summed E-state index contributed by atoms with van der Waals surface area (Å²) in [6.07, 6.45) is 0. The molecule has 2 aromatic carbocycles. The van der Waals surface area contributed by atoms with Crippen LogP contribution in [0.25, 0.3) is 22.2 Å². The van der Waals surface area contributed by atoms with Crippen molar-refractivity contribution in [1.29, 1.82) is 0 Å². The number of thiophene rings is 1. The van der Waals surface area contributed by atoms with Crippen LogP contribution in [-0.4, -0.2) is 24.5 Å². The van der Waals surface area contributed by atoms with Crippen molar-refractivity contribution in [1.82, 2.24) is 10.2 Å². The minimum atomic E-state index is -3.81. The van der Waals surface area contributed by atoms with Gasteiger partial charge >= 0.3 is 0 Å². The largest absolute Gasteiger partial charge is 0.322 e. The number of aromatic nitrogens is 2. The van der Waals surface area contributed by atoms with Gasteiger partial charge in [0.15, 0.2) is 0 Å². The van der Waals surface area contributed by atoms with E-state index in [0.717, 1.165) is 10.9 Å². The summed E-state index contributed by atoms with van der Waals surface area (Å²) in [5.74, 6) is -0.197. The van der Waals surface area contributed by atoms with Gasteiger partial charge < -0.3 is 5.32 Å². The summed E-state index contributed by atoms with van der Waals surface area (Å²) in [5.41, 5.74) is 3.15. The highest BCUT2D eigenvalue weighted by molar-refractivity contribution is 7.89. The van der Waals surface area contributed by atoms with Crippen molar-refractivity contribution in [3.63, 3.8) is 0 Å². The first-order chi connectivity index (χ1) is 12.9. The molecule has 0 saturated heterocycles. The van der Waals surface area contributed by atoms with Crippen LogP contribution in [0.5, 0.6) is 0 Å². The number of H-pyrrole nitrogens is 1. The molecule has 0 radical (unpaired) electrons. The maximum absolute atomic E-state index is 12.3. The fourth-order valence-corrected chi connectivity index (χ4v) is 3.92. The van der Waals surface area contributed by atoms with E-state index in [1.807, 2.05) is 5.38 Å². The highest BCUT2D eigenvalue weighted by Gasteiger charge is 2.14. The fourth-order valence-electron chi connectivity index (χ4n) is 2.73. The third-order valence-electron chi connectivity index (χ3n) is 4.04. The van der Waals surface area contributed by atoms with E-state index in [-0.39, 0.29) is 10.8 Å². The zero-order valence-corrected chi connectivity index (χ0v) is 15.5. The molecule has 0 fully saturated rings. The second-order valence-corrected chi connectivity index (χ2v) is 8.21. The van der Waals surface area contributed by atoms with Crippen molar-refractivity contribution >= 4 is 43.9 Å². The quantitative estimate of drug-likeness (QED) is 0.489. The molecule has 0 spiro atoms. The zero-order valence-electron chi connectivity index (χ0n) is 13.8. The molecular formula is C18H14N4O3S2. The maximum atomic E-state index is 12.3. The van der Waals surface area contributed by atoms with Crippen LogP contribution in [-0.2, 0) is 10.0 Å². The van der Waals surface area contributed by atoms with E-state index in [4.69, 9.17) is 5.14 Å². The van der Waals surface area contributed by atoms with Gasteiger partial charge in [-0.3, -0.25) is 9.89 Å². The predicted octanol–water partition coefficient (Wildman–Crippen LogP) is 3.19. The summed E-state index contributed by atoms with van der Waals surface area (Å²) in [6.45, 7) is 0. The monoisotopic (exact) mass is 398 g/mol. The molecule has 0 unspecified atom stereocenters. The number of aromatic amines is 1. The molecule has 9 heteroatoms. The lowest BCUT2D eigenvalue weighted by molar-refractivity contribution is 0.102. The third kappa shape index (κ3) is 3.47. The lowest BCUT2D eigenvalue weighted by Crippen LogP contribution is -2.11. The molecule has 136 valence electrons. The number of nitrogens with two attached hydrogens (primary N) is 1. The van der Waals surface area contributed by atoms with Crippen molar-refractivity contribution in [2.45, 2.75) is 4.90 Å². The minimum Gasteiger partial charge on any atom is -0.322 e. The number of carbonyl (C=O) groups is 1. The van der Waals surface area contributed by atoms with Gasteiger partial charge in [-0.25, -0.2) is 13.6 Å². The molecule has 0 atom stereocenters. The second kappa shape index (κ2) is 6.62. The van der Waals surface area contributed by atoms with Gasteiger partial charge in [0.1, 0.15) is 5.69 Å². The Bertz CT molecular complexity index is 1240. The average molecular weight is 398 g/mol. The summed E-state index contributed by atoms with van der Waals surface area (Å²) in [4.78, 5) is 12.3. The van der Waals surface area contributed by atoms with Gasteiger partial charge in [-0.15, -0.1) is 0 Å². The van der Waals surface area contributed by atoms with Crippen molar-refractivity contribution in [3.8, 4) is 11.3 Å². The Morgan fingerprint density at radius 2 is 2.00 bits per heavy atom. The fraction of sp³-hybridized carbons (Fsp3) is 0. The van der Waals surface area contributed by atoms with Crippen molar-refractivity contribution in [3.05, 3.63) is 64.9 Å². The van der Waals surface area contributed by atoms with Crippen LogP contribution in [0.1, 0.15) is 10.4 Å². The van der Waals surface area contributed by atoms with E-state index in [2.05, 4.69) is 15.5 Å². The molecule has 1 amide bonds. The lowest BCUT2D eigenvalue weighted by Gasteiger charge is -2.05. The van der Waals surface area contributed by atoms with Gasteiger partial charge in [0.25, 0.3) is 5.91 Å². The number of hydrogen-bond donors (Lipinski definition) is 3. The Balaban J connectivity index is 1.74. The number of rotatable bonds is 4. The Hall–Kier alpha value is -3.01. The number of nitrogens with zero attached hydrogens (tertiary/aromatic N) is 1. The van der Waals surface area contributed by atoms with Gasteiger partial charge in [-0.05, 0) is 41.8 Å². The minimum absolute atomic E-state index is 0.0121. The molecule has 4 N–H and O–H groups in total. The molecule has 0 aliphatic rings. The number of hydrogen-bond acceptors (Lipinski definition) is 5. The number of nitrogens with one attached hydrogen (secondary N) is 2. The van der Waals surface area contributed by atoms with Gasteiger partial charge in [0, 0.05) is 22.0 Å². The van der Waals surface area contributed by atoms with Gasteiger partial charge in [-0.1, -0.05) is 12.1 Å². The van der Waals surface area contributed by atoms with Crippen molar-refractivity contribution < 1.29 is 13.2 Å². The van der Waals surface area contributed by atoms with E-state index in [1.54, 1.807) is 41.8 Å². The first-order valence-corrected chi connectivity index (χ1v) is 10.4. The molecule has 7 nitrogen and oxygen atoms in total. The van der Waals surface area contributed by atoms with Crippen LogP contribution in [0.15, 0.2) is 64.2 Å². The number of primary sulfonamides is 1. The summed E-state index contributed by atoms with van der Waals surface area (Å²) >= 11 is 1.45. The Morgan fingerprint density at radius 3 is 2.74 bits per heavy atom. The highest BCUT2D eigenvalue weighted by Crippen LogP contribution is 2.29. The lowest BCUT2D eigenvalue weighted by atomic mass is 10.1. The zero-order chi connectivity index (χ0) is 19.0. The summed E-state index contributed by atoms with van der Waals surface area (Å²) in [7, 11) is -3.81. The van der Waals surface area contributed by atoms with Gasteiger partial charge in [0.2, 0.25) is 10.0 Å². The van der Waals surface area contributed by atoms with E-state index in [1.165, 1.54) is 23.5 Å². The third-order valence-corrected chi connectivity index (χ3v) is 5.63. The Labute approximate surface area is 158 Å². The van der Waals surface area contributed by atoms with Gasteiger partial charge in [-0.2, -0.15) is 16.4 Å². The number of benzene rings is 2. The van der Waals surface area contributed by atoms with E-state index >= 15 is 0 Å². The van der Waals surface area contributed by atoms with Crippen LogP contribution >= 0.6 is 11.3 Å². The number of sulfonamides is 1. The second-order valence-electron chi connectivity index (χ2n) is 5.87. The molecule has 4 rings (SSSR count). The van der Waals surface area contributed by atoms with Crippen molar-refractivity contribution in [2.75, 3.05) is 5.32 Å². The van der Waals surface area contributed by atoms with Crippen LogP contribution in [0.3, 0.4) is 0 Å². The maximum Gasteiger partial charge on any atom is 0.256 e. The molecular weight excluding hydrogens is 384 g/mol. The molecule has 2 heterocycles.